The number of aromatic nitrogens is 4. The van der Waals surface area contributed by atoms with Crippen LogP contribution in [0, 0.1) is 20.8 Å². The number of sulfonamides is 1. The summed E-state index contributed by atoms with van der Waals surface area (Å²) in [7, 11) is -3.21. The van der Waals surface area contributed by atoms with Crippen molar-refractivity contribution in [3.8, 4) is 5.95 Å². The Bertz CT molecular complexity index is 893. The molecular formula is C17H26N6O2S. The lowest BCUT2D eigenvalue weighted by molar-refractivity contribution is 0.560. The van der Waals surface area contributed by atoms with Gasteiger partial charge in [-0.2, -0.15) is 10.1 Å². The molecular weight excluding hydrogens is 352 g/mol. The van der Waals surface area contributed by atoms with E-state index in [9.17, 15) is 8.42 Å². The summed E-state index contributed by atoms with van der Waals surface area (Å²) in [4.78, 5) is 11.3. The van der Waals surface area contributed by atoms with Crippen LogP contribution >= 0.6 is 0 Å². The lowest BCUT2D eigenvalue weighted by Gasteiger charge is -2.19. The van der Waals surface area contributed by atoms with Crippen molar-refractivity contribution in [1.29, 1.82) is 0 Å². The van der Waals surface area contributed by atoms with Gasteiger partial charge in [-0.1, -0.05) is 6.92 Å². The van der Waals surface area contributed by atoms with E-state index in [1.807, 2.05) is 39.8 Å². The maximum absolute atomic E-state index is 12.0. The molecule has 1 saturated heterocycles. The highest BCUT2D eigenvalue weighted by molar-refractivity contribution is 7.89. The molecule has 0 aromatic carbocycles. The number of aryl methyl sites for hydroxylation is 3. The van der Waals surface area contributed by atoms with Crippen molar-refractivity contribution in [2.75, 3.05) is 23.7 Å². The summed E-state index contributed by atoms with van der Waals surface area (Å²) in [6.07, 6.45) is 1.38. The third-order valence-corrected chi connectivity index (χ3v) is 6.00. The van der Waals surface area contributed by atoms with Crippen molar-refractivity contribution < 1.29 is 8.42 Å². The topological polar surface area (TPSA) is 93.0 Å². The van der Waals surface area contributed by atoms with Crippen molar-refractivity contribution >= 4 is 15.8 Å². The zero-order chi connectivity index (χ0) is 18.9. The van der Waals surface area contributed by atoms with Crippen LogP contribution in [-0.4, -0.2) is 53.1 Å². The summed E-state index contributed by atoms with van der Waals surface area (Å²) in [5, 5.41) is 4.45. The minimum atomic E-state index is -3.21. The molecule has 1 unspecified atom stereocenters. The predicted octanol–water partition coefficient (Wildman–Crippen LogP) is 1.50. The van der Waals surface area contributed by atoms with E-state index in [0.717, 1.165) is 35.9 Å². The molecule has 0 saturated carbocycles. The average Bonchev–Trinajstić information content (AvgIpc) is 3.12. The molecule has 2 aromatic rings. The molecule has 3 heterocycles. The molecule has 1 fully saturated rings. The maximum Gasteiger partial charge on any atom is 0.252 e. The molecule has 26 heavy (non-hydrogen) atoms. The van der Waals surface area contributed by atoms with Crippen LogP contribution in [0.2, 0.25) is 0 Å². The Hall–Kier alpha value is -2.00. The summed E-state index contributed by atoms with van der Waals surface area (Å²) in [5.41, 5.74) is 2.75. The standard InChI is InChI=1S/C17H26N6O2S/c1-5-8-26(24,25)21-15-6-7-22(11-15)16-10-12(2)18-17(19-16)23-14(4)9-13(3)20-23/h9-10,15,21H,5-8,11H2,1-4H3. The predicted molar refractivity (Wildman–Crippen MR) is 101 cm³/mol. The second kappa shape index (κ2) is 7.32. The van der Waals surface area contributed by atoms with Gasteiger partial charge in [0.15, 0.2) is 0 Å². The second-order valence-corrected chi connectivity index (χ2v) is 8.75. The summed E-state index contributed by atoms with van der Waals surface area (Å²) in [6, 6.07) is 3.83. The Labute approximate surface area is 154 Å². The fourth-order valence-electron chi connectivity index (χ4n) is 3.27. The first kappa shape index (κ1) is 18.8. The zero-order valence-electron chi connectivity index (χ0n) is 15.7. The quantitative estimate of drug-likeness (QED) is 0.819. The van der Waals surface area contributed by atoms with E-state index in [2.05, 4.69) is 24.7 Å². The van der Waals surface area contributed by atoms with Gasteiger partial charge in [0.25, 0.3) is 5.95 Å². The van der Waals surface area contributed by atoms with E-state index in [1.165, 1.54) is 0 Å². The molecule has 2 aromatic heterocycles. The zero-order valence-corrected chi connectivity index (χ0v) is 16.5. The molecule has 1 atom stereocenters. The highest BCUT2D eigenvalue weighted by Gasteiger charge is 2.27. The summed E-state index contributed by atoms with van der Waals surface area (Å²) >= 11 is 0. The Balaban J connectivity index is 1.79. The van der Waals surface area contributed by atoms with Crippen LogP contribution in [0.3, 0.4) is 0 Å². The first-order chi connectivity index (χ1) is 12.3. The van der Waals surface area contributed by atoms with Crippen LogP contribution in [0.25, 0.3) is 5.95 Å². The average molecular weight is 379 g/mol. The number of nitrogens with one attached hydrogen (secondary N) is 1. The molecule has 1 aliphatic heterocycles. The van der Waals surface area contributed by atoms with Gasteiger partial charge in [0.05, 0.1) is 11.4 Å². The molecule has 0 amide bonds. The Morgan fingerprint density at radius 2 is 1.96 bits per heavy atom. The number of nitrogens with zero attached hydrogens (tertiary/aromatic N) is 5. The van der Waals surface area contributed by atoms with Gasteiger partial charge in [0, 0.05) is 36.6 Å². The third-order valence-electron chi connectivity index (χ3n) is 4.36. The van der Waals surface area contributed by atoms with E-state index >= 15 is 0 Å². The SMILES string of the molecule is CCCS(=O)(=O)NC1CCN(c2cc(C)nc(-n3nc(C)cc3C)n2)C1. The molecule has 0 bridgehead atoms. The van der Waals surface area contributed by atoms with Crippen LogP contribution in [0.5, 0.6) is 0 Å². The molecule has 8 nitrogen and oxygen atoms in total. The van der Waals surface area contributed by atoms with E-state index in [0.29, 0.717) is 18.9 Å². The molecule has 3 rings (SSSR count). The lowest BCUT2D eigenvalue weighted by Crippen LogP contribution is -2.38. The van der Waals surface area contributed by atoms with Crippen molar-refractivity contribution in [2.45, 2.75) is 46.6 Å². The maximum atomic E-state index is 12.0. The number of anilines is 1. The molecule has 1 N–H and O–H groups in total. The summed E-state index contributed by atoms with van der Waals surface area (Å²) in [5.74, 6) is 1.51. The molecule has 0 spiro atoms. The highest BCUT2D eigenvalue weighted by Crippen LogP contribution is 2.21. The van der Waals surface area contributed by atoms with E-state index < -0.39 is 10.0 Å². The van der Waals surface area contributed by atoms with Crippen LogP contribution in [0.1, 0.15) is 36.8 Å². The van der Waals surface area contributed by atoms with E-state index in [-0.39, 0.29) is 11.8 Å². The molecule has 142 valence electrons. The van der Waals surface area contributed by atoms with Crippen LogP contribution < -0.4 is 9.62 Å². The molecule has 0 aliphatic carbocycles. The van der Waals surface area contributed by atoms with Crippen LogP contribution in [-0.2, 0) is 10.0 Å². The third kappa shape index (κ3) is 4.21. The monoisotopic (exact) mass is 378 g/mol. The van der Waals surface area contributed by atoms with Gasteiger partial charge in [-0.3, -0.25) is 0 Å². The fraction of sp³-hybridized carbons (Fsp3) is 0.588. The largest absolute Gasteiger partial charge is 0.355 e. The number of hydrogen-bond donors (Lipinski definition) is 1. The molecule has 0 radical (unpaired) electrons. The minimum Gasteiger partial charge on any atom is -0.355 e. The van der Waals surface area contributed by atoms with Crippen molar-refractivity contribution in [1.82, 2.24) is 24.5 Å². The van der Waals surface area contributed by atoms with Gasteiger partial charge in [0.2, 0.25) is 10.0 Å². The minimum absolute atomic E-state index is 0.0843. The van der Waals surface area contributed by atoms with E-state index in [1.54, 1.807) is 4.68 Å². The summed E-state index contributed by atoms with van der Waals surface area (Å²) < 4.78 is 28.5. The van der Waals surface area contributed by atoms with Gasteiger partial charge in [-0.25, -0.2) is 22.8 Å². The smallest absolute Gasteiger partial charge is 0.252 e. The van der Waals surface area contributed by atoms with Gasteiger partial charge >= 0.3 is 0 Å². The van der Waals surface area contributed by atoms with Gasteiger partial charge in [0.1, 0.15) is 5.82 Å². The normalized spacial score (nSPS) is 17.8. The first-order valence-electron chi connectivity index (χ1n) is 8.91. The number of hydrogen-bond acceptors (Lipinski definition) is 6. The van der Waals surface area contributed by atoms with E-state index in [4.69, 9.17) is 0 Å². The highest BCUT2D eigenvalue weighted by atomic mass is 32.2. The Morgan fingerprint density at radius 3 is 2.62 bits per heavy atom. The van der Waals surface area contributed by atoms with Crippen molar-refractivity contribution in [2.24, 2.45) is 0 Å². The molecule has 1 aliphatic rings. The van der Waals surface area contributed by atoms with Crippen molar-refractivity contribution in [3.63, 3.8) is 0 Å². The van der Waals surface area contributed by atoms with Gasteiger partial charge in [-0.15, -0.1) is 0 Å². The van der Waals surface area contributed by atoms with Crippen LogP contribution in [0.15, 0.2) is 12.1 Å². The lowest BCUT2D eigenvalue weighted by atomic mass is 10.3. The Kier molecular flexibility index (Phi) is 5.29. The van der Waals surface area contributed by atoms with Gasteiger partial charge < -0.3 is 4.90 Å². The van der Waals surface area contributed by atoms with Crippen LogP contribution in [0.4, 0.5) is 5.82 Å². The fourth-order valence-corrected chi connectivity index (χ4v) is 4.63. The first-order valence-corrected chi connectivity index (χ1v) is 10.6. The van der Waals surface area contributed by atoms with Crippen molar-refractivity contribution in [3.05, 3.63) is 29.2 Å². The molecule has 9 heteroatoms. The van der Waals surface area contributed by atoms with Gasteiger partial charge in [-0.05, 0) is 39.7 Å². The second-order valence-electron chi connectivity index (χ2n) is 6.87. The summed E-state index contributed by atoms with van der Waals surface area (Å²) in [6.45, 7) is 9.07. The Morgan fingerprint density at radius 1 is 1.19 bits per heavy atom. The number of rotatable bonds is 6.